The number of sulfonamides is 1. The van der Waals surface area contributed by atoms with Crippen LogP contribution < -0.4 is 4.72 Å². The Morgan fingerprint density at radius 3 is 2.76 bits per heavy atom. The highest BCUT2D eigenvalue weighted by Crippen LogP contribution is 2.13. The maximum absolute atomic E-state index is 11.7. The largest absolute Gasteiger partial charge is 0.477 e. The van der Waals surface area contributed by atoms with Gasteiger partial charge in [0, 0.05) is 6.20 Å². The van der Waals surface area contributed by atoms with Crippen molar-refractivity contribution in [2.45, 2.75) is 4.90 Å². The molecule has 0 bridgehead atoms. The first-order valence-corrected chi connectivity index (χ1v) is 5.77. The minimum absolute atomic E-state index is 0.0527. The van der Waals surface area contributed by atoms with Crippen LogP contribution in [0.5, 0.6) is 0 Å². The van der Waals surface area contributed by atoms with E-state index in [0.717, 1.165) is 18.6 Å². The second-order valence-electron chi connectivity index (χ2n) is 2.99. The van der Waals surface area contributed by atoms with Gasteiger partial charge < -0.3 is 10.1 Å². The number of aromatic carboxylic acids is 1. The molecule has 0 aromatic carbocycles. The molecule has 0 aliphatic carbocycles. The van der Waals surface area contributed by atoms with Gasteiger partial charge in [-0.15, -0.1) is 0 Å². The molecular formula is C7H7N5O4S. The zero-order valence-electron chi connectivity index (χ0n) is 8.21. The van der Waals surface area contributed by atoms with Gasteiger partial charge in [0.25, 0.3) is 10.0 Å². The molecule has 2 rings (SSSR count). The van der Waals surface area contributed by atoms with E-state index in [1.807, 2.05) is 0 Å². The standard InChI is InChI=1S/C7H7N5O4S/c13-6(14)5-1-4(2-8-5)17(15,16)12-7-9-3-10-11-7/h1-3,8H,(H,13,14)(H2,9,10,11,12). The Labute approximate surface area is 94.9 Å². The summed E-state index contributed by atoms with van der Waals surface area (Å²) in [4.78, 5) is 16.3. The average Bonchev–Trinajstić information content (AvgIpc) is 2.84. The summed E-state index contributed by atoms with van der Waals surface area (Å²) in [6, 6.07) is 1.00. The van der Waals surface area contributed by atoms with Gasteiger partial charge in [-0.25, -0.2) is 23.0 Å². The van der Waals surface area contributed by atoms with E-state index in [1.54, 1.807) is 0 Å². The fourth-order valence-corrected chi connectivity index (χ4v) is 2.05. The Morgan fingerprint density at radius 1 is 1.47 bits per heavy atom. The summed E-state index contributed by atoms with van der Waals surface area (Å²) in [7, 11) is -3.87. The third-order valence-electron chi connectivity index (χ3n) is 1.84. The Morgan fingerprint density at radius 2 is 2.24 bits per heavy atom. The molecule has 4 N–H and O–H groups in total. The van der Waals surface area contributed by atoms with Crippen LogP contribution in [0.15, 0.2) is 23.5 Å². The number of nitrogens with zero attached hydrogens (tertiary/aromatic N) is 2. The zero-order valence-corrected chi connectivity index (χ0v) is 9.02. The highest BCUT2D eigenvalue weighted by atomic mass is 32.2. The number of anilines is 1. The van der Waals surface area contributed by atoms with Crippen molar-refractivity contribution in [3.8, 4) is 0 Å². The number of carboxylic acid groups (broad SMARTS) is 1. The van der Waals surface area contributed by atoms with E-state index in [-0.39, 0.29) is 16.5 Å². The summed E-state index contributed by atoms with van der Waals surface area (Å²) in [5.41, 5.74) is -0.219. The first kappa shape index (κ1) is 11.1. The van der Waals surface area contributed by atoms with Gasteiger partial charge in [0.1, 0.15) is 16.9 Å². The van der Waals surface area contributed by atoms with Gasteiger partial charge in [-0.3, -0.25) is 0 Å². The van der Waals surface area contributed by atoms with Gasteiger partial charge in [-0.1, -0.05) is 0 Å². The molecule has 0 saturated carbocycles. The van der Waals surface area contributed by atoms with Crippen molar-refractivity contribution in [1.29, 1.82) is 0 Å². The van der Waals surface area contributed by atoms with Crippen LogP contribution in [-0.4, -0.2) is 39.7 Å². The van der Waals surface area contributed by atoms with Crippen molar-refractivity contribution in [1.82, 2.24) is 20.2 Å². The fourth-order valence-electron chi connectivity index (χ4n) is 1.09. The number of carbonyl (C=O) groups is 1. The van der Waals surface area contributed by atoms with E-state index in [2.05, 4.69) is 24.9 Å². The number of rotatable bonds is 4. The van der Waals surface area contributed by atoms with Gasteiger partial charge in [-0.05, 0) is 6.07 Å². The maximum atomic E-state index is 11.7. The van der Waals surface area contributed by atoms with Gasteiger partial charge in [0.05, 0.1) is 0 Å². The molecule has 0 fully saturated rings. The van der Waals surface area contributed by atoms with Crippen LogP contribution >= 0.6 is 0 Å². The van der Waals surface area contributed by atoms with Crippen LogP contribution in [-0.2, 0) is 10.0 Å². The normalized spacial score (nSPS) is 11.3. The second-order valence-corrected chi connectivity index (χ2v) is 4.68. The molecule has 2 aromatic heterocycles. The monoisotopic (exact) mass is 257 g/mol. The number of hydrogen-bond donors (Lipinski definition) is 4. The first-order valence-electron chi connectivity index (χ1n) is 4.29. The molecule has 0 atom stereocenters. The molecule has 0 aliphatic rings. The molecule has 9 nitrogen and oxygen atoms in total. The topological polar surface area (TPSA) is 141 Å². The number of aromatic nitrogens is 4. The van der Waals surface area contributed by atoms with Crippen LogP contribution in [0.4, 0.5) is 5.95 Å². The number of carboxylic acids is 1. The lowest BCUT2D eigenvalue weighted by Crippen LogP contribution is -2.13. The third-order valence-corrected chi connectivity index (χ3v) is 3.16. The summed E-state index contributed by atoms with van der Waals surface area (Å²) in [6.07, 6.45) is 2.21. The smallest absolute Gasteiger partial charge is 0.352 e. The maximum Gasteiger partial charge on any atom is 0.352 e. The van der Waals surface area contributed by atoms with E-state index in [4.69, 9.17) is 5.11 Å². The Bertz CT molecular complexity index is 629. The van der Waals surface area contributed by atoms with Crippen LogP contribution in [0, 0.1) is 0 Å². The Kier molecular flexibility index (Phi) is 2.55. The van der Waals surface area contributed by atoms with Crippen molar-refractivity contribution in [2.75, 3.05) is 4.72 Å². The zero-order chi connectivity index (χ0) is 12.5. The van der Waals surface area contributed by atoms with Crippen LogP contribution in [0.2, 0.25) is 0 Å². The quantitative estimate of drug-likeness (QED) is 0.589. The Balaban J connectivity index is 2.28. The van der Waals surface area contributed by atoms with Crippen molar-refractivity contribution in [2.24, 2.45) is 0 Å². The molecule has 0 unspecified atom stereocenters. The number of hydrogen-bond acceptors (Lipinski definition) is 5. The summed E-state index contributed by atoms with van der Waals surface area (Å²) in [5, 5.41) is 14.4. The molecule has 10 heteroatoms. The lowest BCUT2D eigenvalue weighted by molar-refractivity contribution is 0.0691. The Hall–Kier alpha value is -2.36. The summed E-state index contributed by atoms with van der Waals surface area (Å²) in [5.74, 6) is -1.30. The first-order chi connectivity index (χ1) is 7.99. The van der Waals surface area contributed by atoms with Gasteiger partial charge in [-0.2, -0.15) is 10.1 Å². The minimum atomic E-state index is -3.87. The highest BCUT2D eigenvalue weighted by molar-refractivity contribution is 7.92. The molecule has 0 aliphatic heterocycles. The predicted octanol–water partition coefficient (Wildman–Crippen LogP) is -0.368. The molecule has 17 heavy (non-hydrogen) atoms. The molecule has 2 aromatic rings. The van der Waals surface area contributed by atoms with Crippen LogP contribution in [0.3, 0.4) is 0 Å². The van der Waals surface area contributed by atoms with Crippen molar-refractivity contribution in [3.63, 3.8) is 0 Å². The predicted molar refractivity (Wildman–Crippen MR) is 54.9 cm³/mol. The number of nitrogens with one attached hydrogen (secondary N) is 3. The average molecular weight is 257 g/mol. The molecule has 2 heterocycles. The number of H-pyrrole nitrogens is 2. The third kappa shape index (κ3) is 2.25. The molecule has 0 spiro atoms. The lowest BCUT2D eigenvalue weighted by Gasteiger charge is -2.00. The summed E-state index contributed by atoms with van der Waals surface area (Å²) in [6.45, 7) is 0. The van der Waals surface area contributed by atoms with Crippen LogP contribution in [0.25, 0.3) is 0 Å². The van der Waals surface area contributed by atoms with Crippen molar-refractivity contribution in [3.05, 3.63) is 24.3 Å². The number of aromatic amines is 2. The van der Waals surface area contributed by atoms with Gasteiger partial charge in [0.15, 0.2) is 0 Å². The van der Waals surface area contributed by atoms with Crippen LogP contribution in [0.1, 0.15) is 10.5 Å². The highest BCUT2D eigenvalue weighted by Gasteiger charge is 2.19. The summed E-state index contributed by atoms with van der Waals surface area (Å²) >= 11 is 0. The van der Waals surface area contributed by atoms with E-state index >= 15 is 0 Å². The van der Waals surface area contributed by atoms with Crippen molar-refractivity contribution < 1.29 is 18.3 Å². The van der Waals surface area contributed by atoms with Crippen molar-refractivity contribution >= 4 is 21.9 Å². The molecule has 0 amide bonds. The molecule has 0 radical (unpaired) electrons. The molecule has 90 valence electrons. The lowest BCUT2D eigenvalue weighted by atomic mass is 10.4. The molecular weight excluding hydrogens is 250 g/mol. The van der Waals surface area contributed by atoms with Gasteiger partial charge in [0.2, 0.25) is 5.95 Å². The van der Waals surface area contributed by atoms with E-state index in [0.29, 0.717) is 0 Å². The fraction of sp³-hybridized carbons (Fsp3) is 0. The summed E-state index contributed by atoms with van der Waals surface area (Å²) < 4.78 is 25.5. The van der Waals surface area contributed by atoms with E-state index in [1.165, 1.54) is 0 Å². The minimum Gasteiger partial charge on any atom is -0.477 e. The van der Waals surface area contributed by atoms with E-state index < -0.39 is 16.0 Å². The second kappa shape index (κ2) is 3.90. The van der Waals surface area contributed by atoms with E-state index in [9.17, 15) is 13.2 Å². The SMILES string of the molecule is O=C(O)c1cc(S(=O)(=O)Nc2ncn[nH]2)c[nH]1. The molecule has 0 saturated heterocycles. The van der Waals surface area contributed by atoms with Gasteiger partial charge >= 0.3 is 5.97 Å².